The molecule has 0 unspecified atom stereocenters. The Kier molecular flexibility index (Phi) is 6.91. The van der Waals surface area contributed by atoms with Crippen molar-refractivity contribution in [3.8, 4) is 0 Å². The Morgan fingerprint density at radius 2 is 1.50 bits per heavy atom. The van der Waals surface area contributed by atoms with Gasteiger partial charge in [0.2, 0.25) is 5.91 Å². The van der Waals surface area contributed by atoms with Gasteiger partial charge in [-0.15, -0.1) is 0 Å². The highest BCUT2D eigenvalue weighted by Gasteiger charge is 2.26. The molecule has 26 heavy (non-hydrogen) atoms. The normalized spacial score (nSPS) is 11.5. The number of carbonyl (C=O) groups is 3. The number of hydrogen-bond donors (Lipinski definition) is 2. The topological polar surface area (TPSA) is 84.5 Å². The Bertz CT molecular complexity index is 745. The number of rotatable bonds is 6. The molecule has 0 fully saturated rings. The zero-order valence-corrected chi connectivity index (χ0v) is 14.8. The maximum atomic E-state index is 12.4. The molecule has 0 saturated carbocycles. The predicted octanol–water partition coefficient (Wildman–Crippen LogP) is 2.89. The number of benzene rings is 2. The number of imide groups is 1. The van der Waals surface area contributed by atoms with Gasteiger partial charge in [-0.05, 0) is 23.6 Å². The van der Waals surface area contributed by atoms with Crippen LogP contribution in [0.2, 0.25) is 0 Å². The van der Waals surface area contributed by atoms with Crippen molar-refractivity contribution < 1.29 is 19.1 Å². The summed E-state index contributed by atoms with van der Waals surface area (Å²) in [6, 6.07) is 16.7. The first-order valence-corrected chi connectivity index (χ1v) is 8.35. The van der Waals surface area contributed by atoms with Crippen molar-refractivity contribution >= 4 is 17.9 Å². The van der Waals surface area contributed by atoms with E-state index in [1.54, 1.807) is 44.2 Å². The molecule has 0 saturated heterocycles. The highest BCUT2D eigenvalue weighted by Crippen LogP contribution is 2.06. The summed E-state index contributed by atoms with van der Waals surface area (Å²) >= 11 is 0. The second-order valence-corrected chi connectivity index (χ2v) is 6.11. The number of ether oxygens (including phenoxy) is 1. The molecule has 136 valence electrons. The molecule has 2 aromatic carbocycles. The fourth-order valence-electron chi connectivity index (χ4n) is 2.28. The predicted molar refractivity (Wildman–Crippen MR) is 97.3 cm³/mol. The van der Waals surface area contributed by atoms with Crippen molar-refractivity contribution in [2.75, 3.05) is 0 Å². The summed E-state index contributed by atoms with van der Waals surface area (Å²) in [6.07, 6.45) is -0.713. The lowest BCUT2D eigenvalue weighted by molar-refractivity contribution is -0.123. The van der Waals surface area contributed by atoms with Crippen LogP contribution in [0.15, 0.2) is 60.7 Å². The smallest absolute Gasteiger partial charge is 0.408 e. The summed E-state index contributed by atoms with van der Waals surface area (Å²) in [5.41, 5.74) is 1.21. The number of carbonyl (C=O) groups excluding carboxylic acids is 3. The molecule has 3 amide bonds. The molecule has 0 aliphatic heterocycles. The molecule has 2 N–H and O–H groups in total. The third kappa shape index (κ3) is 5.73. The minimum absolute atomic E-state index is 0.0993. The molecule has 2 aromatic rings. The van der Waals surface area contributed by atoms with Crippen LogP contribution in [-0.2, 0) is 16.1 Å². The van der Waals surface area contributed by atoms with Crippen LogP contribution in [0.4, 0.5) is 4.79 Å². The molecular formula is C20H22N2O4. The largest absolute Gasteiger partial charge is 0.445 e. The third-order valence-corrected chi connectivity index (χ3v) is 3.71. The fraction of sp³-hybridized carbons (Fsp3) is 0.250. The van der Waals surface area contributed by atoms with Crippen molar-refractivity contribution in [1.29, 1.82) is 0 Å². The van der Waals surface area contributed by atoms with E-state index in [4.69, 9.17) is 4.74 Å². The molecule has 0 aliphatic rings. The van der Waals surface area contributed by atoms with E-state index in [9.17, 15) is 14.4 Å². The van der Waals surface area contributed by atoms with Crippen LogP contribution in [-0.4, -0.2) is 23.9 Å². The van der Waals surface area contributed by atoms with E-state index in [1.807, 2.05) is 30.3 Å². The van der Waals surface area contributed by atoms with Crippen molar-refractivity contribution in [2.24, 2.45) is 5.92 Å². The molecule has 0 spiro atoms. The lowest BCUT2D eigenvalue weighted by Crippen LogP contribution is -2.51. The molecule has 1 atom stereocenters. The maximum absolute atomic E-state index is 12.4. The standard InChI is InChI=1S/C20H22N2O4/c1-14(2)17(19(24)22-18(23)16-11-7-4-8-12-16)21-20(25)26-13-15-9-5-3-6-10-15/h3-12,14,17H,13H2,1-2H3,(H,21,25)(H,22,23,24)/t17-/m0/s1. The van der Waals surface area contributed by atoms with Gasteiger partial charge in [0.1, 0.15) is 12.6 Å². The Balaban J connectivity index is 1.91. The van der Waals surface area contributed by atoms with Gasteiger partial charge < -0.3 is 10.1 Å². The second kappa shape index (κ2) is 9.36. The summed E-state index contributed by atoms with van der Waals surface area (Å²) in [6.45, 7) is 3.64. The molecule has 6 heteroatoms. The van der Waals surface area contributed by atoms with Gasteiger partial charge in [0.05, 0.1) is 0 Å². The quantitative estimate of drug-likeness (QED) is 0.835. The van der Waals surface area contributed by atoms with Crippen LogP contribution in [0.25, 0.3) is 0 Å². The van der Waals surface area contributed by atoms with E-state index in [1.165, 1.54) is 0 Å². The number of amides is 3. The molecule has 0 heterocycles. The van der Waals surface area contributed by atoms with Crippen LogP contribution in [0, 0.1) is 5.92 Å². The molecule has 0 aromatic heterocycles. The third-order valence-electron chi connectivity index (χ3n) is 3.71. The van der Waals surface area contributed by atoms with Gasteiger partial charge in [0.15, 0.2) is 0 Å². The highest BCUT2D eigenvalue weighted by molar-refractivity contribution is 6.06. The Hall–Kier alpha value is -3.15. The Labute approximate surface area is 152 Å². The Morgan fingerprint density at radius 1 is 0.923 bits per heavy atom. The van der Waals surface area contributed by atoms with Gasteiger partial charge >= 0.3 is 6.09 Å². The lowest BCUT2D eigenvalue weighted by Gasteiger charge is -2.21. The zero-order valence-electron chi connectivity index (χ0n) is 14.8. The van der Waals surface area contributed by atoms with Crippen LogP contribution < -0.4 is 10.6 Å². The molecule has 0 radical (unpaired) electrons. The Morgan fingerprint density at radius 3 is 2.08 bits per heavy atom. The highest BCUT2D eigenvalue weighted by atomic mass is 16.5. The maximum Gasteiger partial charge on any atom is 0.408 e. The summed E-state index contributed by atoms with van der Waals surface area (Å²) in [5.74, 6) is -1.31. The molecule has 6 nitrogen and oxygen atoms in total. The van der Waals surface area contributed by atoms with Crippen molar-refractivity contribution in [2.45, 2.75) is 26.5 Å². The summed E-state index contributed by atoms with van der Waals surface area (Å²) in [7, 11) is 0. The van der Waals surface area contributed by atoms with Crippen molar-refractivity contribution in [1.82, 2.24) is 10.6 Å². The van der Waals surface area contributed by atoms with E-state index >= 15 is 0 Å². The van der Waals surface area contributed by atoms with Gasteiger partial charge in [-0.3, -0.25) is 14.9 Å². The van der Waals surface area contributed by atoms with Crippen LogP contribution in [0.3, 0.4) is 0 Å². The lowest BCUT2D eigenvalue weighted by atomic mass is 10.0. The minimum Gasteiger partial charge on any atom is -0.445 e. The first-order valence-electron chi connectivity index (χ1n) is 8.35. The van der Waals surface area contributed by atoms with E-state index < -0.39 is 23.9 Å². The van der Waals surface area contributed by atoms with Gasteiger partial charge in [-0.2, -0.15) is 0 Å². The van der Waals surface area contributed by atoms with E-state index in [0.717, 1.165) is 5.56 Å². The number of hydrogen-bond acceptors (Lipinski definition) is 4. The monoisotopic (exact) mass is 354 g/mol. The van der Waals surface area contributed by atoms with Gasteiger partial charge in [-0.1, -0.05) is 62.4 Å². The second-order valence-electron chi connectivity index (χ2n) is 6.11. The molecule has 0 aliphatic carbocycles. The van der Waals surface area contributed by atoms with Gasteiger partial charge in [0.25, 0.3) is 5.91 Å². The average Bonchev–Trinajstić information content (AvgIpc) is 2.65. The van der Waals surface area contributed by atoms with Crippen molar-refractivity contribution in [3.05, 3.63) is 71.8 Å². The SMILES string of the molecule is CC(C)[C@H](NC(=O)OCc1ccccc1)C(=O)NC(=O)c1ccccc1. The van der Waals surface area contributed by atoms with Crippen molar-refractivity contribution in [3.63, 3.8) is 0 Å². The molecule has 2 rings (SSSR count). The first-order chi connectivity index (χ1) is 12.5. The first kappa shape index (κ1) is 19.2. The summed E-state index contributed by atoms with van der Waals surface area (Å²) in [4.78, 5) is 36.5. The van der Waals surface area contributed by atoms with Crippen LogP contribution in [0.1, 0.15) is 29.8 Å². The number of alkyl carbamates (subject to hydrolysis) is 1. The van der Waals surface area contributed by atoms with Gasteiger partial charge in [0, 0.05) is 5.56 Å². The van der Waals surface area contributed by atoms with E-state index in [-0.39, 0.29) is 12.5 Å². The van der Waals surface area contributed by atoms with Crippen LogP contribution >= 0.6 is 0 Å². The summed E-state index contributed by atoms with van der Waals surface area (Å²) in [5, 5.41) is 4.83. The number of nitrogens with one attached hydrogen (secondary N) is 2. The average molecular weight is 354 g/mol. The van der Waals surface area contributed by atoms with Crippen LogP contribution in [0.5, 0.6) is 0 Å². The zero-order chi connectivity index (χ0) is 18.9. The van der Waals surface area contributed by atoms with E-state index in [2.05, 4.69) is 10.6 Å². The molecular weight excluding hydrogens is 332 g/mol. The molecule has 0 bridgehead atoms. The van der Waals surface area contributed by atoms with Gasteiger partial charge in [-0.25, -0.2) is 4.79 Å². The fourth-order valence-corrected chi connectivity index (χ4v) is 2.28. The summed E-state index contributed by atoms with van der Waals surface area (Å²) < 4.78 is 5.13. The minimum atomic E-state index is -0.883. The van der Waals surface area contributed by atoms with E-state index in [0.29, 0.717) is 5.56 Å².